The standard InChI is InChI=1S/C25H15ClO/c26-22-14-7-13-21-24(22)27-23-15-6-5-12-20(23)25(21)18-10-3-1-8-16(18)17-9-2-4-11-19(17)25/h1-15H. The van der Waals surface area contributed by atoms with Gasteiger partial charge < -0.3 is 4.74 Å². The largest absolute Gasteiger partial charge is 0.455 e. The van der Waals surface area contributed by atoms with Crippen molar-refractivity contribution in [2.45, 2.75) is 5.41 Å². The minimum Gasteiger partial charge on any atom is -0.455 e. The summed E-state index contributed by atoms with van der Waals surface area (Å²) in [5.41, 5.74) is 6.97. The Morgan fingerprint density at radius 2 is 1.11 bits per heavy atom. The Balaban J connectivity index is 1.87. The monoisotopic (exact) mass is 366 g/mol. The van der Waals surface area contributed by atoms with Crippen LogP contribution in [-0.4, -0.2) is 0 Å². The molecule has 0 bridgehead atoms. The number of benzene rings is 4. The highest BCUT2D eigenvalue weighted by molar-refractivity contribution is 6.32. The molecule has 1 heterocycles. The molecule has 0 aromatic heterocycles. The first kappa shape index (κ1) is 15.1. The molecule has 1 aliphatic carbocycles. The fourth-order valence-corrected chi connectivity index (χ4v) is 5.06. The lowest BCUT2D eigenvalue weighted by Gasteiger charge is -2.39. The van der Waals surface area contributed by atoms with E-state index in [9.17, 15) is 0 Å². The van der Waals surface area contributed by atoms with Gasteiger partial charge in [-0.15, -0.1) is 0 Å². The molecule has 0 saturated heterocycles. The van der Waals surface area contributed by atoms with E-state index in [0.29, 0.717) is 5.02 Å². The summed E-state index contributed by atoms with van der Waals surface area (Å²) in [5, 5.41) is 0.642. The lowest BCUT2D eigenvalue weighted by molar-refractivity contribution is 0.436. The van der Waals surface area contributed by atoms with Crippen molar-refractivity contribution in [3.05, 3.63) is 118 Å². The molecule has 1 nitrogen and oxygen atoms in total. The summed E-state index contributed by atoms with van der Waals surface area (Å²) in [4.78, 5) is 0. The first-order chi connectivity index (χ1) is 13.3. The third-order valence-corrected chi connectivity index (χ3v) is 6.12. The maximum absolute atomic E-state index is 6.60. The SMILES string of the molecule is Clc1cccc2c1Oc1ccccc1C21c2ccccc2-c2ccccc21. The summed E-state index contributed by atoms with van der Waals surface area (Å²) in [6.07, 6.45) is 0. The predicted octanol–water partition coefficient (Wildman–Crippen LogP) is 6.81. The van der Waals surface area contributed by atoms with E-state index >= 15 is 0 Å². The van der Waals surface area contributed by atoms with Crippen LogP contribution in [0.4, 0.5) is 0 Å². The van der Waals surface area contributed by atoms with Crippen LogP contribution in [0.3, 0.4) is 0 Å². The molecule has 2 aliphatic rings. The number of halogens is 1. The molecule has 0 atom stereocenters. The van der Waals surface area contributed by atoms with E-state index in [4.69, 9.17) is 16.3 Å². The van der Waals surface area contributed by atoms with E-state index < -0.39 is 5.41 Å². The quantitative estimate of drug-likeness (QED) is 0.287. The van der Waals surface area contributed by atoms with Crippen LogP contribution in [0.5, 0.6) is 11.5 Å². The van der Waals surface area contributed by atoms with Gasteiger partial charge in [-0.1, -0.05) is 90.5 Å². The molecular formula is C25H15ClO. The Morgan fingerprint density at radius 1 is 0.556 bits per heavy atom. The second kappa shape index (κ2) is 5.25. The number of rotatable bonds is 0. The number of fused-ring (bicyclic) bond motifs is 9. The molecule has 27 heavy (non-hydrogen) atoms. The van der Waals surface area contributed by atoms with Crippen LogP contribution in [0.2, 0.25) is 5.02 Å². The predicted molar refractivity (Wildman–Crippen MR) is 109 cm³/mol. The summed E-state index contributed by atoms with van der Waals surface area (Å²) >= 11 is 6.60. The van der Waals surface area contributed by atoms with Crippen molar-refractivity contribution in [1.82, 2.24) is 0 Å². The Kier molecular flexibility index (Phi) is 2.93. The lowest BCUT2D eigenvalue weighted by atomic mass is 9.66. The van der Waals surface area contributed by atoms with Gasteiger partial charge >= 0.3 is 0 Å². The van der Waals surface area contributed by atoms with Crippen molar-refractivity contribution < 1.29 is 4.74 Å². The second-order valence-corrected chi connectivity index (χ2v) is 7.46. The molecule has 0 unspecified atom stereocenters. The highest BCUT2D eigenvalue weighted by Crippen LogP contribution is 2.62. The van der Waals surface area contributed by atoms with Gasteiger partial charge in [0.1, 0.15) is 5.75 Å². The van der Waals surface area contributed by atoms with Gasteiger partial charge in [-0.3, -0.25) is 0 Å². The maximum Gasteiger partial charge on any atom is 0.150 e. The van der Waals surface area contributed by atoms with E-state index in [0.717, 1.165) is 22.6 Å². The van der Waals surface area contributed by atoms with Gasteiger partial charge in [0.25, 0.3) is 0 Å². The third kappa shape index (κ3) is 1.75. The van der Waals surface area contributed by atoms with Crippen LogP contribution in [0.25, 0.3) is 11.1 Å². The molecule has 6 rings (SSSR count). The Hall–Kier alpha value is -3.03. The molecule has 0 saturated carbocycles. The van der Waals surface area contributed by atoms with Crippen LogP contribution in [0.1, 0.15) is 22.3 Å². The Morgan fingerprint density at radius 3 is 1.81 bits per heavy atom. The van der Waals surface area contributed by atoms with Crippen molar-refractivity contribution in [1.29, 1.82) is 0 Å². The Bertz CT molecular complexity index is 1180. The summed E-state index contributed by atoms with van der Waals surface area (Å²) < 4.78 is 6.29. The van der Waals surface area contributed by atoms with E-state index in [1.165, 1.54) is 22.3 Å². The third-order valence-electron chi connectivity index (χ3n) is 5.83. The van der Waals surface area contributed by atoms with E-state index in [2.05, 4.69) is 66.7 Å². The molecule has 4 aromatic carbocycles. The highest BCUT2D eigenvalue weighted by atomic mass is 35.5. The van der Waals surface area contributed by atoms with Crippen molar-refractivity contribution in [2.75, 3.05) is 0 Å². The van der Waals surface area contributed by atoms with Crippen molar-refractivity contribution in [3.8, 4) is 22.6 Å². The molecule has 128 valence electrons. The van der Waals surface area contributed by atoms with Gasteiger partial charge in [-0.05, 0) is 34.4 Å². The smallest absolute Gasteiger partial charge is 0.150 e. The first-order valence-electron chi connectivity index (χ1n) is 9.07. The molecule has 1 spiro atoms. The molecule has 4 aromatic rings. The zero-order valence-electron chi connectivity index (χ0n) is 14.4. The van der Waals surface area contributed by atoms with E-state index in [1.807, 2.05) is 24.3 Å². The molecule has 0 fully saturated rings. The minimum absolute atomic E-state index is 0.414. The van der Waals surface area contributed by atoms with Gasteiger partial charge in [0, 0.05) is 11.1 Å². The van der Waals surface area contributed by atoms with Crippen LogP contribution in [0.15, 0.2) is 91.0 Å². The van der Waals surface area contributed by atoms with Gasteiger partial charge in [0.05, 0.1) is 10.4 Å². The molecule has 2 heteroatoms. The normalized spacial score (nSPS) is 14.7. The minimum atomic E-state index is -0.414. The van der Waals surface area contributed by atoms with Crippen molar-refractivity contribution in [3.63, 3.8) is 0 Å². The number of para-hydroxylation sites is 2. The zero-order chi connectivity index (χ0) is 18.0. The molecule has 0 amide bonds. The summed E-state index contributed by atoms with van der Waals surface area (Å²) in [6, 6.07) is 31.7. The fraction of sp³-hybridized carbons (Fsp3) is 0.0400. The molecule has 0 radical (unpaired) electrons. The zero-order valence-corrected chi connectivity index (χ0v) is 15.2. The lowest BCUT2D eigenvalue weighted by Crippen LogP contribution is -2.32. The number of hydrogen-bond acceptors (Lipinski definition) is 1. The fourth-order valence-electron chi connectivity index (χ4n) is 4.84. The Labute approximate surface area is 162 Å². The summed E-state index contributed by atoms with van der Waals surface area (Å²) in [6.45, 7) is 0. The topological polar surface area (TPSA) is 9.23 Å². The summed E-state index contributed by atoms with van der Waals surface area (Å²) in [7, 11) is 0. The number of ether oxygens (including phenoxy) is 1. The molecule has 0 N–H and O–H groups in total. The second-order valence-electron chi connectivity index (χ2n) is 7.06. The van der Waals surface area contributed by atoms with Gasteiger partial charge in [-0.2, -0.15) is 0 Å². The average molecular weight is 367 g/mol. The van der Waals surface area contributed by atoms with E-state index in [-0.39, 0.29) is 0 Å². The van der Waals surface area contributed by atoms with Crippen LogP contribution < -0.4 is 4.74 Å². The van der Waals surface area contributed by atoms with E-state index in [1.54, 1.807) is 0 Å². The molecular weight excluding hydrogens is 352 g/mol. The summed E-state index contributed by atoms with van der Waals surface area (Å²) in [5.74, 6) is 1.62. The van der Waals surface area contributed by atoms with Gasteiger partial charge in [0.2, 0.25) is 0 Å². The average Bonchev–Trinajstić information content (AvgIpc) is 3.01. The van der Waals surface area contributed by atoms with Crippen LogP contribution in [-0.2, 0) is 5.41 Å². The van der Waals surface area contributed by atoms with Crippen molar-refractivity contribution >= 4 is 11.6 Å². The van der Waals surface area contributed by atoms with Crippen LogP contribution in [0, 0.1) is 0 Å². The number of hydrogen-bond donors (Lipinski definition) is 0. The van der Waals surface area contributed by atoms with Gasteiger partial charge in [0.15, 0.2) is 5.75 Å². The molecule has 1 aliphatic heterocycles. The maximum atomic E-state index is 6.60. The van der Waals surface area contributed by atoms with Crippen LogP contribution >= 0.6 is 11.6 Å². The van der Waals surface area contributed by atoms with Crippen molar-refractivity contribution in [2.24, 2.45) is 0 Å². The highest BCUT2D eigenvalue weighted by Gasteiger charge is 2.51. The first-order valence-corrected chi connectivity index (χ1v) is 9.45. The van der Waals surface area contributed by atoms with Gasteiger partial charge in [-0.25, -0.2) is 0 Å².